The first kappa shape index (κ1) is 21.9. The smallest absolute Gasteiger partial charge is 0.416 e. The summed E-state index contributed by atoms with van der Waals surface area (Å²) in [5, 5.41) is 13.8. The number of hydrogen-bond donors (Lipinski definition) is 1. The van der Waals surface area contributed by atoms with E-state index in [1.807, 2.05) is 6.92 Å². The van der Waals surface area contributed by atoms with Gasteiger partial charge >= 0.3 is 11.9 Å². The summed E-state index contributed by atoms with van der Waals surface area (Å²) >= 11 is 0. The predicted molar refractivity (Wildman–Crippen MR) is 98.2 cm³/mol. The standard InChI is InChI=1S/C19H17F3N2O5/c1-3-4-18(26)23-13-6-8-16(14(10-13)11(2)25)29-17-7-5-12(19(20,21)22)9-15(17)24(27)28/h5-10H,3-4H2,1-2H3,(H,23,26). The first-order chi connectivity index (χ1) is 13.5. The third-order valence-corrected chi connectivity index (χ3v) is 3.82. The number of Topliss-reactive ketones (excluding diaryl/α,β-unsaturated/α-hetero) is 1. The highest BCUT2D eigenvalue weighted by Crippen LogP contribution is 2.39. The van der Waals surface area contributed by atoms with Crippen LogP contribution in [0.2, 0.25) is 0 Å². The fourth-order valence-electron chi connectivity index (χ4n) is 2.46. The summed E-state index contributed by atoms with van der Waals surface area (Å²) < 4.78 is 43.9. The van der Waals surface area contributed by atoms with Crippen molar-refractivity contribution in [1.29, 1.82) is 0 Å². The van der Waals surface area contributed by atoms with Gasteiger partial charge in [-0.05, 0) is 43.7 Å². The Bertz CT molecular complexity index is 957. The second-order valence-corrected chi connectivity index (χ2v) is 6.10. The molecule has 0 fully saturated rings. The molecule has 0 aliphatic heterocycles. The molecule has 0 spiro atoms. The molecule has 0 aliphatic carbocycles. The summed E-state index contributed by atoms with van der Waals surface area (Å²) in [5.74, 6) is -1.25. The molecule has 0 saturated carbocycles. The van der Waals surface area contributed by atoms with Crippen LogP contribution < -0.4 is 10.1 Å². The summed E-state index contributed by atoms with van der Waals surface area (Å²) in [6.07, 6.45) is -3.85. The molecule has 0 aliphatic rings. The molecule has 154 valence electrons. The zero-order valence-electron chi connectivity index (χ0n) is 15.5. The van der Waals surface area contributed by atoms with Crippen LogP contribution in [0.5, 0.6) is 11.5 Å². The number of carbonyl (C=O) groups is 2. The minimum Gasteiger partial charge on any atom is -0.449 e. The minimum absolute atomic E-state index is 0.00787. The van der Waals surface area contributed by atoms with Gasteiger partial charge in [0.25, 0.3) is 0 Å². The van der Waals surface area contributed by atoms with Gasteiger partial charge in [0.2, 0.25) is 11.7 Å². The monoisotopic (exact) mass is 410 g/mol. The number of anilines is 1. The lowest BCUT2D eigenvalue weighted by atomic mass is 10.1. The Morgan fingerprint density at radius 2 is 1.79 bits per heavy atom. The molecule has 10 heteroatoms. The number of halogens is 3. The van der Waals surface area contributed by atoms with Crippen molar-refractivity contribution >= 4 is 23.1 Å². The number of nitro benzene ring substituents is 1. The van der Waals surface area contributed by atoms with E-state index in [1.54, 1.807) is 0 Å². The number of carbonyl (C=O) groups excluding carboxylic acids is 2. The molecule has 0 bridgehead atoms. The lowest BCUT2D eigenvalue weighted by molar-refractivity contribution is -0.385. The molecule has 0 aromatic heterocycles. The van der Waals surface area contributed by atoms with Crippen LogP contribution >= 0.6 is 0 Å². The third kappa shape index (κ3) is 5.53. The van der Waals surface area contributed by atoms with Crippen LogP contribution in [0.25, 0.3) is 0 Å². The van der Waals surface area contributed by atoms with Crippen LogP contribution in [0.1, 0.15) is 42.6 Å². The van der Waals surface area contributed by atoms with Gasteiger partial charge in [-0.25, -0.2) is 0 Å². The van der Waals surface area contributed by atoms with Gasteiger partial charge < -0.3 is 10.1 Å². The Hall–Kier alpha value is -3.43. The van der Waals surface area contributed by atoms with Crippen LogP contribution in [0, 0.1) is 10.1 Å². The molecule has 29 heavy (non-hydrogen) atoms. The maximum atomic E-state index is 12.8. The van der Waals surface area contributed by atoms with Crippen molar-refractivity contribution in [2.24, 2.45) is 0 Å². The quantitative estimate of drug-likeness (QED) is 0.377. The van der Waals surface area contributed by atoms with E-state index in [2.05, 4.69) is 5.32 Å². The van der Waals surface area contributed by atoms with Gasteiger partial charge in [0, 0.05) is 18.2 Å². The number of nitro groups is 1. The zero-order valence-corrected chi connectivity index (χ0v) is 15.5. The molecule has 0 saturated heterocycles. The lowest BCUT2D eigenvalue weighted by Gasteiger charge is -2.13. The average Bonchev–Trinajstić information content (AvgIpc) is 2.62. The highest BCUT2D eigenvalue weighted by atomic mass is 19.4. The summed E-state index contributed by atoms with van der Waals surface area (Å²) in [5.41, 5.74) is -1.76. The van der Waals surface area contributed by atoms with Crippen LogP contribution in [0.3, 0.4) is 0 Å². The van der Waals surface area contributed by atoms with Crippen molar-refractivity contribution in [1.82, 2.24) is 0 Å². The largest absolute Gasteiger partial charge is 0.449 e. The van der Waals surface area contributed by atoms with Crippen molar-refractivity contribution in [3.63, 3.8) is 0 Å². The van der Waals surface area contributed by atoms with Gasteiger partial charge in [0.1, 0.15) is 5.75 Å². The van der Waals surface area contributed by atoms with Gasteiger partial charge in [0.05, 0.1) is 16.1 Å². The Morgan fingerprint density at radius 1 is 1.14 bits per heavy atom. The van der Waals surface area contributed by atoms with Crippen LogP contribution in [0.15, 0.2) is 36.4 Å². The van der Waals surface area contributed by atoms with E-state index in [1.165, 1.54) is 25.1 Å². The fourth-order valence-corrected chi connectivity index (χ4v) is 2.46. The maximum Gasteiger partial charge on any atom is 0.416 e. The van der Waals surface area contributed by atoms with E-state index >= 15 is 0 Å². The number of hydrogen-bond acceptors (Lipinski definition) is 5. The van der Waals surface area contributed by atoms with E-state index in [0.29, 0.717) is 24.2 Å². The van der Waals surface area contributed by atoms with E-state index in [4.69, 9.17) is 4.74 Å². The summed E-state index contributed by atoms with van der Waals surface area (Å²) in [6, 6.07) is 5.89. The van der Waals surface area contributed by atoms with Gasteiger partial charge in [-0.1, -0.05) is 6.92 Å². The van der Waals surface area contributed by atoms with E-state index < -0.39 is 33.9 Å². The number of amides is 1. The van der Waals surface area contributed by atoms with Crippen LogP contribution in [-0.4, -0.2) is 16.6 Å². The third-order valence-electron chi connectivity index (χ3n) is 3.82. The number of ether oxygens (including phenoxy) is 1. The summed E-state index contributed by atoms with van der Waals surface area (Å²) in [4.78, 5) is 33.8. The maximum absolute atomic E-state index is 12.8. The second kappa shape index (κ2) is 8.72. The number of rotatable bonds is 7. The van der Waals surface area contributed by atoms with Crippen molar-refractivity contribution in [2.45, 2.75) is 32.9 Å². The molecule has 2 aromatic carbocycles. The normalized spacial score (nSPS) is 11.1. The number of benzene rings is 2. The number of nitrogens with one attached hydrogen (secondary N) is 1. The van der Waals surface area contributed by atoms with Gasteiger partial charge in [-0.15, -0.1) is 0 Å². The first-order valence-corrected chi connectivity index (χ1v) is 8.51. The molecule has 1 amide bonds. The fraction of sp³-hybridized carbons (Fsp3) is 0.263. The summed E-state index contributed by atoms with van der Waals surface area (Å²) in [7, 11) is 0. The van der Waals surface area contributed by atoms with Crippen molar-refractivity contribution in [3.8, 4) is 11.5 Å². The van der Waals surface area contributed by atoms with E-state index in [9.17, 15) is 32.9 Å². The average molecular weight is 410 g/mol. The zero-order chi connectivity index (χ0) is 21.8. The molecule has 0 radical (unpaired) electrons. The molecular weight excluding hydrogens is 393 g/mol. The molecule has 1 N–H and O–H groups in total. The topological polar surface area (TPSA) is 98.5 Å². The molecule has 2 rings (SSSR count). The Kier molecular flexibility index (Phi) is 6.57. The van der Waals surface area contributed by atoms with Gasteiger partial charge in [-0.2, -0.15) is 13.2 Å². The van der Waals surface area contributed by atoms with E-state index in [0.717, 1.165) is 6.07 Å². The first-order valence-electron chi connectivity index (χ1n) is 8.51. The second-order valence-electron chi connectivity index (χ2n) is 6.10. The highest BCUT2D eigenvalue weighted by Gasteiger charge is 2.33. The molecule has 0 heterocycles. The Balaban J connectivity index is 2.42. The van der Waals surface area contributed by atoms with Gasteiger partial charge in [-0.3, -0.25) is 19.7 Å². The van der Waals surface area contributed by atoms with E-state index in [-0.39, 0.29) is 23.6 Å². The summed E-state index contributed by atoms with van der Waals surface area (Å²) in [6.45, 7) is 3.05. The SMILES string of the molecule is CCCC(=O)Nc1ccc(Oc2ccc(C(F)(F)F)cc2[N+](=O)[O-])c(C(C)=O)c1. The molecule has 0 atom stereocenters. The number of nitrogens with zero attached hydrogens (tertiary/aromatic N) is 1. The Morgan fingerprint density at radius 3 is 2.34 bits per heavy atom. The molecular formula is C19H17F3N2O5. The van der Waals surface area contributed by atoms with Crippen molar-refractivity contribution < 1.29 is 32.4 Å². The Labute approximate surface area is 163 Å². The number of ketones is 1. The van der Waals surface area contributed by atoms with Crippen LogP contribution in [0.4, 0.5) is 24.5 Å². The van der Waals surface area contributed by atoms with Crippen molar-refractivity contribution in [3.05, 3.63) is 57.6 Å². The van der Waals surface area contributed by atoms with Crippen LogP contribution in [-0.2, 0) is 11.0 Å². The van der Waals surface area contributed by atoms with Crippen molar-refractivity contribution in [2.75, 3.05) is 5.32 Å². The molecule has 2 aromatic rings. The molecule has 7 nitrogen and oxygen atoms in total. The lowest BCUT2D eigenvalue weighted by Crippen LogP contribution is -2.11. The molecule has 0 unspecified atom stereocenters. The minimum atomic E-state index is -4.76. The highest BCUT2D eigenvalue weighted by molar-refractivity contribution is 5.99. The predicted octanol–water partition coefficient (Wildman–Crippen LogP) is 5.35. The number of alkyl halides is 3. The van der Waals surface area contributed by atoms with Gasteiger partial charge in [0.15, 0.2) is 5.78 Å².